The first-order chi connectivity index (χ1) is 19.4. The molecule has 3 atom stereocenters. The van der Waals surface area contributed by atoms with Gasteiger partial charge in [0, 0.05) is 43.9 Å². The molecule has 3 unspecified atom stereocenters. The molecule has 3 aliphatic rings. The molecule has 3 aliphatic heterocycles. The van der Waals surface area contributed by atoms with E-state index in [0.29, 0.717) is 31.1 Å². The van der Waals surface area contributed by atoms with E-state index in [0.717, 1.165) is 48.0 Å². The largest absolute Gasteiger partial charge is 0.507 e. The zero-order valence-electron chi connectivity index (χ0n) is 22.2. The average Bonchev–Trinajstić information content (AvgIpc) is 3.66. The van der Waals surface area contributed by atoms with Crippen LogP contribution in [0.3, 0.4) is 0 Å². The number of H-pyrrole nitrogens is 1. The van der Waals surface area contributed by atoms with Crippen molar-refractivity contribution in [2.45, 2.75) is 37.9 Å². The molecule has 13 nitrogen and oxygen atoms in total. The van der Waals surface area contributed by atoms with E-state index in [9.17, 15) is 4.79 Å². The highest BCUT2D eigenvalue weighted by molar-refractivity contribution is 6.00. The zero-order valence-corrected chi connectivity index (χ0v) is 22.2. The minimum atomic E-state index is -1.11. The molecular weight excluding hydrogens is 514 g/mol. The van der Waals surface area contributed by atoms with Crippen LogP contribution in [0.5, 0.6) is 5.75 Å². The lowest BCUT2D eigenvalue weighted by Crippen LogP contribution is -2.52. The minimum absolute atomic E-state index is 0.0671. The van der Waals surface area contributed by atoms with Crippen LogP contribution in [0.25, 0.3) is 16.9 Å². The zero-order chi connectivity index (χ0) is 27.8. The Hall–Kier alpha value is -4.36. The number of aromatic carboxylic acids is 1. The van der Waals surface area contributed by atoms with Crippen molar-refractivity contribution in [2.75, 3.05) is 48.4 Å². The number of aromatic hydroxyl groups is 1. The summed E-state index contributed by atoms with van der Waals surface area (Å²) in [6, 6.07) is 11.1. The van der Waals surface area contributed by atoms with Crippen molar-refractivity contribution in [3.63, 3.8) is 0 Å². The van der Waals surface area contributed by atoms with Gasteiger partial charge in [0.2, 0.25) is 0 Å². The molecule has 0 radical (unpaired) electrons. The number of carbonyl (C=O) groups is 1. The second kappa shape index (κ2) is 10.7. The van der Waals surface area contributed by atoms with Crippen LogP contribution in [0, 0.1) is 0 Å². The third-order valence-corrected chi connectivity index (χ3v) is 7.80. The van der Waals surface area contributed by atoms with Gasteiger partial charge in [-0.25, -0.2) is 9.78 Å². The molecule has 3 saturated heterocycles. The van der Waals surface area contributed by atoms with Gasteiger partial charge in [-0.2, -0.15) is 9.78 Å². The number of nitrogens with zero attached hydrogens (tertiary/aromatic N) is 6. The van der Waals surface area contributed by atoms with Crippen molar-refractivity contribution in [1.29, 1.82) is 0 Å². The molecule has 1 aromatic carbocycles. The SMILES string of the molecule is CC1COCCN1c1cc(N2C3CCC2CNC3)c2c(N)nn(-c3ccn[nH]3)c2n1.O=C(O)c1ccccc1O. The van der Waals surface area contributed by atoms with E-state index in [2.05, 4.69) is 43.4 Å². The highest BCUT2D eigenvalue weighted by Gasteiger charge is 2.39. The van der Waals surface area contributed by atoms with Gasteiger partial charge < -0.3 is 35.8 Å². The summed E-state index contributed by atoms with van der Waals surface area (Å²) in [5.41, 5.74) is 8.32. The maximum Gasteiger partial charge on any atom is 0.339 e. The summed E-state index contributed by atoms with van der Waals surface area (Å²) in [5.74, 6) is 0.896. The Balaban J connectivity index is 0.000000246. The molecule has 7 rings (SSSR count). The predicted molar refractivity (Wildman–Crippen MR) is 150 cm³/mol. The van der Waals surface area contributed by atoms with Gasteiger partial charge in [0.1, 0.15) is 17.1 Å². The van der Waals surface area contributed by atoms with Crippen LogP contribution in [0.2, 0.25) is 0 Å². The number of carboxylic acid groups (broad SMARTS) is 1. The van der Waals surface area contributed by atoms with Crippen LogP contribution in [-0.4, -0.2) is 92.1 Å². The number of anilines is 3. The van der Waals surface area contributed by atoms with Crippen molar-refractivity contribution < 1.29 is 19.7 Å². The van der Waals surface area contributed by atoms with Gasteiger partial charge >= 0.3 is 5.97 Å². The summed E-state index contributed by atoms with van der Waals surface area (Å²) >= 11 is 0. The highest BCUT2D eigenvalue weighted by Crippen LogP contribution is 2.41. The molecule has 13 heteroatoms. The Labute approximate surface area is 230 Å². The molecular formula is C27H33N9O4. The number of nitrogen functional groups attached to an aromatic ring is 1. The molecule has 6 heterocycles. The van der Waals surface area contributed by atoms with Crippen LogP contribution in [0.1, 0.15) is 30.1 Å². The summed E-state index contributed by atoms with van der Waals surface area (Å²) in [5, 5.41) is 33.5. The first-order valence-corrected chi connectivity index (χ1v) is 13.5. The Bertz CT molecular complexity index is 1490. The normalized spacial score (nSPS) is 22.3. The number of ether oxygens (including phenoxy) is 1. The fourth-order valence-corrected chi connectivity index (χ4v) is 5.89. The number of phenols is 1. The van der Waals surface area contributed by atoms with E-state index >= 15 is 0 Å². The number of carboxylic acids is 1. The molecule has 3 aromatic heterocycles. The van der Waals surface area contributed by atoms with Crippen LogP contribution in [-0.2, 0) is 4.74 Å². The molecule has 4 aromatic rings. The highest BCUT2D eigenvalue weighted by atomic mass is 16.5. The number of rotatable bonds is 4. The quantitative estimate of drug-likeness (QED) is 0.253. The fourth-order valence-electron chi connectivity index (χ4n) is 5.89. The van der Waals surface area contributed by atoms with E-state index < -0.39 is 5.97 Å². The molecule has 0 spiro atoms. The van der Waals surface area contributed by atoms with E-state index in [-0.39, 0.29) is 17.4 Å². The smallest absolute Gasteiger partial charge is 0.339 e. The Kier molecular flexibility index (Phi) is 6.90. The number of piperazine rings is 1. The van der Waals surface area contributed by atoms with Crippen molar-refractivity contribution in [3.8, 4) is 11.6 Å². The third-order valence-electron chi connectivity index (χ3n) is 7.80. The first kappa shape index (κ1) is 25.9. The third kappa shape index (κ3) is 4.67. The van der Waals surface area contributed by atoms with Gasteiger partial charge in [-0.15, -0.1) is 5.10 Å². The minimum Gasteiger partial charge on any atom is -0.507 e. The lowest BCUT2D eigenvalue weighted by molar-refractivity contribution is 0.0693. The van der Waals surface area contributed by atoms with Crippen molar-refractivity contribution >= 4 is 34.3 Å². The monoisotopic (exact) mass is 547 g/mol. The van der Waals surface area contributed by atoms with Crippen LogP contribution < -0.4 is 20.9 Å². The Morgan fingerprint density at radius 1 is 1.18 bits per heavy atom. The first-order valence-electron chi connectivity index (χ1n) is 13.5. The number of morpholine rings is 1. The topological polar surface area (TPSA) is 171 Å². The lowest BCUT2D eigenvalue weighted by atomic mass is 10.1. The molecule has 0 amide bonds. The number of fused-ring (bicyclic) bond motifs is 3. The Morgan fingerprint density at radius 3 is 2.60 bits per heavy atom. The summed E-state index contributed by atoms with van der Waals surface area (Å²) < 4.78 is 7.44. The summed E-state index contributed by atoms with van der Waals surface area (Å²) in [7, 11) is 0. The number of nitrogens with one attached hydrogen (secondary N) is 2. The van der Waals surface area contributed by atoms with Gasteiger partial charge in [0.05, 0.1) is 36.5 Å². The van der Waals surface area contributed by atoms with Crippen molar-refractivity contribution in [1.82, 2.24) is 30.3 Å². The van der Waals surface area contributed by atoms with Crippen molar-refractivity contribution in [3.05, 3.63) is 48.2 Å². The molecule has 3 fully saturated rings. The number of para-hydroxylation sites is 1. The standard InChI is InChI=1S/C20H27N9O.C7H6O3/c1-12-11-30-7-6-27(12)17-8-15(28-13-2-3-14(28)10-22-9-13)18-19(21)26-29(20(18)24-17)16-4-5-23-25-16;8-6-4-2-1-3-5(6)7(9)10/h4-5,8,12-14,22H,2-3,6-7,9-11H2,1H3,(H2,21,26)(H,23,25);1-4,8H,(H,9,10). The van der Waals surface area contributed by atoms with Crippen LogP contribution in [0.15, 0.2) is 42.6 Å². The van der Waals surface area contributed by atoms with Gasteiger partial charge in [0.25, 0.3) is 0 Å². The average molecular weight is 548 g/mol. The fraction of sp³-hybridized carbons (Fsp3) is 0.407. The van der Waals surface area contributed by atoms with E-state index in [1.165, 1.54) is 25.0 Å². The molecule has 40 heavy (non-hydrogen) atoms. The van der Waals surface area contributed by atoms with E-state index in [1.807, 2.05) is 6.07 Å². The summed E-state index contributed by atoms with van der Waals surface area (Å²) in [6.45, 7) is 6.41. The molecule has 0 aliphatic carbocycles. The summed E-state index contributed by atoms with van der Waals surface area (Å²) in [6.07, 6.45) is 4.10. The number of hydrogen-bond donors (Lipinski definition) is 5. The number of nitrogens with two attached hydrogens (primary N) is 1. The van der Waals surface area contributed by atoms with Gasteiger partial charge in [-0.1, -0.05) is 12.1 Å². The van der Waals surface area contributed by atoms with Gasteiger partial charge in [0.15, 0.2) is 17.3 Å². The predicted octanol–water partition coefficient (Wildman–Crippen LogP) is 1.98. The number of pyridine rings is 1. The molecule has 0 saturated carbocycles. The van der Waals surface area contributed by atoms with Gasteiger partial charge in [-0.3, -0.25) is 5.10 Å². The van der Waals surface area contributed by atoms with E-state index in [1.54, 1.807) is 23.0 Å². The Morgan fingerprint density at radius 2 is 1.95 bits per heavy atom. The maximum absolute atomic E-state index is 10.3. The second-order valence-electron chi connectivity index (χ2n) is 10.3. The van der Waals surface area contributed by atoms with E-state index in [4.69, 9.17) is 25.7 Å². The maximum atomic E-state index is 10.3. The lowest BCUT2D eigenvalue weighted by Gasteiger charge is -2.39. The molecule has 210 valence electrons. The number of aromatic amines is 1. The number of benzene rings is 1. The number of aromatic nitrogens is 5. The second-order valence-corrected chi connectivity index (χ2v) is 10.3. The summed E-state index contributed by atoms with van der Waals surface area (Å²) in [4.78, 5) is 20.2. The van der Waals surface area contributed by atoms with Gasteiger partial charge in [-0.05, 0) is 31.9 Å². The van der Waals surface area contributed by atoms with Crippen molar-refractivity contribution in [2.24, 2.45) is 0 Å². The number of hydrogen-bond acceptors (Lipinski definition) is 10. The van der Waals surface area contributed by atoms with Crippen LogP contribution in [0.4, 0.5) is 17.3 Å². The van der Waals surface area contributed by atoms with Crippen LogP contribution >= 0.6 is 0 Å². The molecule has 6 N–H and O–H groups in total. The molecule has 2 bridgehead atoms.